The van der Waals surface area contributed by atoms with Crippen molar-refractivity contribution in [3.8, 4) is 5.75 Å². The zero-order valence-electron chi connectivity index (χ0n) is 19.7. The lowest BCUT2D eigenvalue weighted by atomic mass is 10.2. The van der Waals surface area contributed by atoms with Gasteiger partial charge in [0.1, 0.15) is 12.3 Å². The highest BCUT2D eigenvalue weighted by molar-refractivity contribution is 6.32. The minimum absolute atomic E-state index is 0.0228. The number of rotatable bonds is 6. The number of alkyl halides is 3. The number of carbonyl (C=O) groups is 2. The van der Waals surface area contributed by atoms with E-state index in [1.807, 2.05) is 6.07 Å². The molecule has 1 fully saturated rings. The van der Waals surface area contributed by atoms with Crippen LogP contribution < -0.4 is 20.5 Å². The minimum atomic E-state index is -4.90. The summed E-state index contributed by atoms with van der Waals surface area (Å²) in [5, 5.41) is 2.68. The molecular weight excluding hydrogens is 515 g/mol. The molecule has 0 unspecified atom stereocenters. The molecule has 1 aromatic heterocycles. The van der Waals surface area contributed by atoms with Crippen molar-refractivity contribution < 1.29 is 27.5 Å². The summed E-state index contributed by atoms with van der Waals surface area (Å²) in [5.41, 5.74) is 1.22. The van der Waals surface area contributed by atoms with E-state index >= 15 is 0 Å². The molecule has 2 amide bonds. The molecule has 0 bridgehead atoms. The summed E-state index contributed by atoms with van der Waals surface area (Å²) in [6.07, 6.45) is -3.63. The third kappa shape index (κ3) is 6.50. The van der Waals surface area contributed by atoms with Crippen molar-refractivity contribution >= 4 is 40.0 Å². The van der Waals surface area contributed by atoms with Gasteiger partial charge in [-0.1, -0.05) is 17.7 Å². The topological polar surface area (TPSA) is 96.8 Å². The number of amides is 2. The molecule has 13 heteroatoms. The second kappa shape index (κ2) is 10.7. The SMILES string of the molecule is CC(=O)N1CCN(c2ccc3ncn(CC(=O)NCc4ccc(Cl)c(OC(F)(F)F)c4)c(=O)c3c2)CC1. The van der Waals surface area contributed by atoms with Crippen molar-refractivity contribution in [3.05, 3.63) is 63.7 Å². The lowest BCUT2D eigenvalue weighted by molar-refractivity contribution is -0.274. The summed E-state index contributed by atoms with van der Waals surface area (Å²) in [6, 6.07) is 9.08. The van der Waals surface area contributed by atoms with Gasteiger partial charge in [-0.2, -0.15) is 0 Å². The van der Waals surface area contributed by atoms with Crippen LogP contribution in [0.4, 0.5) is 18.9 Å². The number of aromatic nitrogens is 2. The summed E-state index contributed by atoms with van der Waals surface area (Å²) in [5.74, 6) is -1.09. The quantitative estimate of drug-likeness (QED) is 0.519. The first-order chi connectivity index (χ1) is 17.5. The van der Waals surface area contributed by atoms with Gasteiger partial charge >= 0.3 is 6.36 Å². The fraction of sp³-hybridized carbons (Fsp3) is 0.333. The molecule has 1 aliphatic heterocycles. The predicted octanol–water partition coefficient (Wildman–Crippen LogP) is 2.93. The zero-order chi connectivity index (χ0) is 26.7. The van der Waals surface area contributed by atoms with Crippen LogP contribution in [0.3, 0.4) is 0 Å². The Morgan fingerprint density at radius 1 is 1.11 bits per heavy atom. The van der Waals surface area contributed by atoms with Gasteiger partial charge in [0, 0.05) is 45.3 Å². The van der Waals surface area contributed by atoms with Crippen LogP contribution in [0.1, 0.15) is 12.5 Å². The van der Waals surface area contributed by atoms with Crippen LogP contribution in [0.15, 0.2) is 47.5 Å². The molecule has 1 aliphatic rings. The summed E-state index contributed by atoms with van der Waals surface area (Å²) < 4.78 is 42.6. The smallest absolute Gasteiger partial charge is 0.404 e. The molecule has 0 aliphatic carbocycles. The van der Waals surface area contributed by atoms with Crippen LogP contribution in [0.25, 0.3) is 10.9 Å². The fourth-order valence-electron chi connectivity index (χ4n) is 4.01. The van der Waals surface area contributed by atoms with Crippen LogP contribution in [0.5, 0.6) is 5.75 Å². The molecule has 37 heavy (non-hydrogen) atoms. The first-order valence-corrected chi connectivity index (χ1v) is 11.7. The fourth-order valence-corrected chi connectivity index (χ4v) is 4.16. The zero-order valence-corrected chi connectivity index (χ0v) is 20.5. The Balaban J connectivity index is 1.43. The van der Waals surface area contributed by atoms with E-state index in [2.05, 4.69) is 19.9 Å². The van der Waals surface area contributed by atoms with E-state index in [-0.39, 0.29) is 24.0 Å². The van der Waals surface area contributed by atoms with Crippen molar-refractivity contribution in [1.29, 1.82) is 0 Å². The number of nitrogens with zero attached hydrogens (tertiary/aromatic N) is 4. The monoisotopic (exact) mass is 537 g/mol. The molecule has 2 aromatic carbocycles. The number of benzene rings is 2. The molecule has 196 valence electrons. The van der Waals surface area contributed by atoms with Crippen LogP contribution in [0.2, 0.25) is 5.02 Å². The molecule has 4 rings (SSSR count). The predicted molar refractivity (Wildman–Crippen MR) is 130 cm³/mol. The highest BCUT2D eigenvalue weighted by atomic mass is 35.5. The number of halogens is 4. The molecule has 0 spiro atoms. The number of anilines is 1. The van der Waals surface area contributed by atoms with E-state index in [0.717, 1.165) is 16.3 Å². The maximum absolute atomic E-state index is 13.1. The largest absolute Gasteiger partial charge is 0.573 e. The van der Waals surface area contributed by atoms with Crippen molar-refractivity contribution in [1.82, 2.24) is 19.8 Å². The Morgan fingerprint density at radius 2 is 1.84 bits per heavy atom. The van der Waals surface area contributed by atoms with E-state index < -0.39 is 23.6 Å². The van der Waals surface area contributed by atoms with Gasteiger partial charge in [-0.05, 0) is 35.9 Å². The molecule has 2 heterocycles. The highest BCUT2D eigenvalue weighted by Gasteiger charge is 2.32. The van der Waals surface area contributed by atoms with E-state index in [9.17, 15) is 27.6 Å². The van der Waals surface area contributed by atoms with E-state index in [1.165, 1.54) is 25.4 Å². The lowest BCUT2D eigenvalue weighted by Gasteiger charge is -2.35. The number of fused-ring (bicyclic) bond motifs is 1. The maximum atomic E-state index is 13.1. The Morgan fingerprint density at radius 3 is 2.51 bits per heavy atom. The molecule has 3 aromatic rings. The Hall–Kier alpha value is -3.80. The highest BCUT2D eigenvalue weighted by Crippen LogP contribution is 2.31. The van der Waals surface area contributed by atoms with E-state index in [0.29, 0.717) is 42.6 Å². The molecule has 0 saturated carbocycles. The van der Waals surface area contributed by atoms with Gasteiger partial charge in [-0.25, -0.2) is 4.98 Å². The normalized spacial score (nSPS) is 14.1. The maximum Gasteiger partial charge on any atom is 0.573 e. The number of carbonyl (C=O) groups excluding carboxylic acids is 2. The van der Waals surface area contributed by atoms with E-state index in [4.69, 9.17) is 11.6 Å². The Labute approximate surface area is 214 Å². The molecule has 0 radical (unpaired) electrons. The number of ether oxygens (including phenoxy) is 1. The van der Waals surface area contributed by atoms with Crippen molar-refractivity contribution in [3.63, 3.8) is 0 Å². The van der Waals surface area contributed by atoms with Crippen molar-refractivity contribution in [2.75, 3.05) is 31.1 Å². The molecule has 1 saturated heterocycles. The van der Waals surface area contributed by atoms with Gasteiger partial charge in [0.05, 0.1) is 22.3 Å². The molecule has 0 atom stereocenters. The lowest BCUT2D eigenvalue weighted by Crippen LogP contribution is -2.48. The van der Waals surface area contributed by atoms with Crippen LogP contribution in [0, 0.1) is 0 Å². The summed E-state index contributed by atoms with van der Waals surface area (Å²) in [7, 11) is 0. The summed E-state index contributed by atoms with van der Waals surface area (Å²) >= 11 is 5.74. The van der Waals surface area contributed by atoms with Gasteiger partial charge in [0.2, 0.25) is 11.8 Å². The van der Waals surface area contributed by atoms with Gasteiger partial charge in [0.15, 0.2) is 0 Å². The number of nitrogens with one attached hydrogen (secondary N) is 1. The van der Waals surface area contributed by atoms with Crippen LogP contribution in [-0.2, 0) is 22.7 Å². The second-order valence-electron chi connectivity index (χ2n) is 8.46. The summed E-state index contributed by atoms with van der Waals surface area (Å²) in [4.78, 5) is 45.2. The third-order valence-electron chi connectivity index (χ3n) is 5.92. The first kappa shape index (κ1) is 26.3. The van der Waals surface area contributed by atoms with Gasteiger partial charge < -0.3 is 19.9 Å². The Kier molecular flexibility index (Phi) is 7.58. The van der Waals surface area contributed by atoms with Crippen molar-refractivity contribution in [2.45, 2.75) is 26.4 Å². The van der Waals surface area contributed by atoms with Gasteiger partial charge in [0.25, 0.3) is 5.56 Å². The molecular formula is C24H23ClF3N5O4. The summed E-state index contributed by atoms with van der Waals surface area (Å²) in [6.45, 7) is 3.53. The van der Waals surface area contributed by atoms with Crippen LogP contribution >= 0.6 is 11.6 Å². The standard InChI is InChI=1S/C24H23ClF3N5O4/c1-15(34)31-6-8-32(9-7-31)17-3-5-20-18(11-17)23(36)33(14-30-20)13-22(35)29-12-16-2-4-19(25)21(10-16)37-24(26,27)28/h2-5,10-11,14H,6-9,12-13H2,1H3,(H,29,35). The third-order valence-corrected chi connectivity index (χ3v) is 6.23. The average molecular weight is 538 g/mol. The molecule has 9 nitrogen and oxygen atoms in total. The number of hydrogen-bond acceptors (Lipinski definition) is 6. The number of hydrogen-bond donors (Lipinski definition) is 1. The van der Waals surface area contributed by atoms with Gasteiger partial charge in [-0.15, -0.1) is 13.2 Å². The Bertz CT molecular complexity index is 1390. The minimum Gasteiger partial charge on any atom is -0.404 e. The van der Waals surface area contributed by atoms with Gasteiger partial charge in [-0.3, -0.25) is 19.0 Å². The number of piperazine rings is 1. The van der Waals surface area contributed by atoms with E-state index in [1.54, 1.807) is 17.0 Å². The first-order valence-electron chi connectivity index (χ1n) is 11.3. The van der Waals surface area contributed by atoms with Crippen LogP contribution in [-0.4, -0.2) is 58.8 Å². The van der Waals surface area contributed by atoms with Crippen molar-refractivity contribution in [2.24, 2.45) is 0 Å². The average Bonchev–Trinajstić information content (AvgIpc) is 2.85. The molecule has 1 N–H and O–H groups in total. The second-order valence-corrected chi connectivity index (χ2v) is 8.87.